The molecule has 36 heavy (non-hydrogen) atoms. The molecule has 6 rings (SSSR count). The molecule has 1 atom stereocenters. The SMILES string of the molecule is COc1ccc(-c2ccccc2-c2n[nH]cc2C2(c3nccs3)C=Cc3nccn3C2)cc1.Cl.Cl.Cl. The highest BCUT2D eigenvalue weighted by Gasteiger charge is 2.40. The first-order chi connectivity index (χ1) is 16.3. The number of aromatic amines is 1. The van der Waals surface area contributed by atoms with Crippen LogP contribution in [-0.2, 0) is 12.0 Å². The Labute approximate surface area is 231 Å². The summed E-state index contributed by atoms with van der Waals surface area (Å²) in [5, 5.41) is 10.9. The molecule has 0 bridgehead atoms. The normalized spacial score (nSPS) is 15.7. The van der Waals surface area contributed by atoms with E-state index < -0.39 is 5.41 Å². The van der Waals surface area contributed by atoms with Crippen molar-refractivity contribution in [2.45, 2.75) is 12.0 Å². The van der Waals surface area contributed by atoms with E-state index in [4.69, 9.17) is 14.8 Å². The van der Waals surface area contributed by atoms with Gasteiger partial charge in [-0.2, -0.15) is 5.10 Å². The third-order valence-corrected chi connectivity index (χ3v) is 7.15. The van der Waals surface area contributed by atoms with Gasteiger partial charge in [-0.1, -0.05) is 42.5 Å². The zero-order valence-electron chi connectivity index (χ0n) is 19.2. The van der Waals surface area contributed by atoms with Gasteiger partial charge in [-0.25, -0.2) is 9.97 Å². The van der Waals surface area contributed by atoms with Crippen molar-refractivity contribution in [1.29, 1.82) is 0 Å². The van der Waals surface area contributed by atoms with Gasteiger partial charge >= 0.3 is 0 Å². The Balaban J connectivity index is 0.00000120. The number of benzene rings is 2. The second kappa shape index (κ2) is 11.3. The summed E-state index contributed by atoms with van der Waals surface area (Å²) in [6.07, 6.45) is 12.0. The van der Waals surface area contributed by atoms with Crippen LogP contribution >= 0.6 is 48.6 Å². The largest absolute Gasteiger partial charge is 0.497 e. The minimum Gasteiger partial charge on any atom is -0.497 e. The van der Waals surface area contributed by atoms with E-state index in [2.05, 4.69) is 63.2 Å². The molecule has 0 radical (unpaired) electrons. The predicted molar refractivity (Wildman–Crippen MR) is 152 cm³/mol. The number of nitrogens with one attached hydrogen (secondary N) is 1. The number of hydrogen-bond acceptors (Lipinski definition) is 5. The number of ether oxygens (including phenoxy) is 1. The van der Waals surface area contributed by atoms with Gasteiger partial charge in [-0.15, -0.1) is 48.6 Å². The van der Waals surface area contributed by atoms with Crippen molar-refractivity contribution in [3.63, 3.8) is 0 Å². The van der Waals surface area contributed by atoms with Crippen LogP contribution < -0.4 is 4.74 Å². The molecular formula is C26H24Cl3N5OS. The molecule has 6 nitrogen and oxygen atoms in total. The van der Waals surface area contributed by atoms with Gasteiger partial charge in [-0.05, 0) is 29.3 Å². The van der Waals surface area contributed by atoms with Crippen molar-refractivity contribution in [3.8, 4) is 28.1 Å². The zero-order valence-corrected chi connectivity index (χ0v) is 22.5. The summed E-state index contributed by atoms with van der Waals surface area (Å²) >= 11 is 1.66. The van der Waals surface area contributed by atoms with Gasteiger partial charge in [0.2, 0.25) is 0 Å². The molecule has 0 aliphatic carbocycles. The molecule has 5 aromatic rings. The number of fused-ring (bicyclic) bond motifs is 1. The van der Waals surface area contributed by atoms with Crippen molar-refractivity contribution < 1.29 is 4.74 Å². The van der Waals surface area contributed by atoms with Crippen LogP contribution in [-0.4, -0.2) is 31.8 Å². The highest BCUT2D eigenvalue weighted by Crippen LogP contribution is 2.45. The number of aromatic nitrogens is 5. The van der Waals surface area contributed by atoms with Crippen LogP contribution in [0.3, 0.4) is 0 Å². The Hall–Kier alpha value is -3.10. The van der Waals surface area contributed by atoms with Crippen LogP contribution in [0.2, 0.25) is 0 Å². The molecule has 1 aliphatic heterocycles. The van der Waals surface area contributed by atoms with Crippen LogP contribution in [0, 0.1) is 0 Å². The predicted octanol–water partition coefficient (Wildman–Crippen LogP) is 6.68. The van der Waals surface area contributed by atoms with Gasteiger partial charge in [0.1, 0.15) is 16.6 Å². The highest BCUT2D eigenvalue weighted by molar-refractivity contribution is 7.09. The van der Waals surface area contributed by atoms with E-state index in [1.165, 1.54) is 0 Å². The highest BCUT2D eigenvalue weighted by atomic mass is 35.5. The minimum absolute atomic E-state index is 0. The number of allylic oxidation sites excluding steroid dienone is 1. The van der Waals surface area contributed by atoms with E-state index in [1.54, 1.807) is 18.4 Å². The lowest BCUT2D eigenvalue weighted by molar-refractivity contribution is 0.415. The molecule has 4 heterocycles. The maximum absolute atomic E-state index is 5.34. The standard InChI is InChI=1S/C26H21N5OS.3ClH/c1-32-19-8-6-18(7-9-19)20-4-2-3-5-21(20)24-22(16-29-30-24)26(25-28-13-15-33-25)11-10-23-27-12-14-31(23)17-26;;;/h2-16H,17H2,1H3,(H,29,30);3*1H. The smallest absolute Gasteiger partial charge is 0.132 e. The lowest BCUT2D eigenvalue weighted by Gasteiger charge is -2.32. The van der Waals surface area contributed by atoms with Gasteiger partial charge in [0, 0.05) is 47.8 Å². The van der Waals surface area contributed by atoms with E-state index in [-0.39, 0.29) is 37.2 Å². The topological polar surface area (TPSA) is 68.6 Å². The Morgan fingerprint density at radius 1 is 0.972 bits per heavy atom. The Morgan fingerprint density at radius 2 is 1.75 bits per heavy atom. The van der Waals surface area contributed by atoms with Crippen molar-refractivity contribution in [1.82, 2.24) is 24.7 Å². The average molecular weight is 561 g/mol. The number of rotatable bonds is 5. The molecule has 186 valence electrons. The third kappa shape index (κ3) is 4.55. The Bertz CT molecular complexity index is 1450. The van der Waals surface area contributed by atoms with Gasteiger partial charge in [-0.3, -0.25) is 5.10 Å². The summed E-state index contributed by atoms with van der Waals surface area (Å²) in [7, 11) is 1.68. The van der Waals surface area contributed by atoms with E-state index >= 15 is 0 Å². The first kappa shape index (κ1) is 27.5. The summed E-state index contributed by atoms with van der Waals surface area (Å²) in [5.41, 5.74) is 4.86. The fourth-order valence-electron chi connectivity index (χ4n) is 4.57. The maximum Gasteiger partial charge on any atom is 0.132 e. The maximum atomic E-state index is 5.34. The lowest BCUT2D eigenvalue weighted by Crippen LogP contribution is -2.33. The minimum atomic E-state index is -0.447. The molecule has 2 aromatic carbocycles. The first-order valence-corrected chi connectivity index (χ1v) is 11.5. The van der Waals surface area contributed by atoms with Crippen LogP contribution in [0.25, 0.3) is 28.5 Å². The zero-order chi connectivity index (χ0) is 22.3. The average Bonchev–Trinajstić information content (AvgIpc) is 3.65. The lowest BCUT2D eigenvalue weighted by atomic mass is 9.77. The van der Waals surface area contributed by atoms with E-state index in [1.807, 2.05) is 42.3 Å². The van der Waals surface area contributed by atoms with Crippen LogP contribution in [0.15, 0.2) is 84.8 Å². The summed E-state index contributed by atoms with van der Waals surface area (Å²) in [6, 6.07) is 16.5. The molecule has 1 unspecified atom stereocenters. The molecular weight excluding hydrogens is 537 g/mol. The molecule has 0 saturated carbocycles. The third-order valence-electron chi connectivity index (χ3n) is 6.20. The van der Waals surface area contributed by atoms with Gasteiger partial charge in [0.25, 0.3) is 0 Å². The molecule has 10 heteroatoms. The van der Waals surface area contributed by atoms with Gasteiger partial charge in [0.05, 0.1) is 18.2 Å². The second-order valence-electron chi connectivity index (χ2n) is 7.98. The Kier molecular flexibility index (Phi) is 8.63. The molecule has 0 amide bonds. The fraction of sp³-hybridized carbons (Fsp3) is 0.115. The van der Waals surface area contributed by atoms with Crippen LogP contribution in [0.1, 0.15) is 16.4 Å². The summed E-state index contributed by atoms with van der Waals surface area (Å²) in [4.78, 5) is 9.20. The molecule has 0 saturated heterocycles. The number of thiazole rings is 1. The molecule has 0 fully saturated rings. The fourth-order valence-corrected chi connectivity index (χ4v) is 5.40. The Morgan fingerprint density at radius 3 is 2.47 bits per heavy atom. The monoisotopic (exact) mass is 559 g/mol. The van der Waals surface area contributed by atoms with Crippen molar-refractivity contribution >= 4 is 54.6 Å². The number of halogens is 3. The summed E-state index contributed by atoms with van der Waals surface area (Å²) in [6.45, 7) is 0.712. The number of hydrogen-bond donors (Lipinski definition) is 1. The number of methoxy groups -OCH3 is 1. The number of nitrogens with zero attached hydrogens (tertiary/aromatic N) is 4. The second-order valence-corrected chi connectivity index (χ2v) is 8.87. The van der Waals surface area contributed by atoms with E-state index in [0.717, 1.165) is 44.5 Å². The number of H-pyrrole nitrogens is 1. The molecule has 3 aromatic heterocycles. The van der Waals surface area contributed by atoms with E-state index in [9.17, 15) is 0 Å². The van der Waals surface area contributed by atoms with Gasteiger partial charge < -0.3 is 9.30 Å². The molecule has 1 N–H and O–H groups in total. The van der Waals surface area contributed by atoms with Gasteiger partial charge in [0.15, 0.2) is 0 Å². The molecule has 1 aliphatic rings. The first-order valence-electron chi connectivity index (χ1n) is 10.7. The van der Waals surface area contributed by atoms with E-state index in [0.29, 0.717) is 6.54 Å². The number of imidazole rings is 1. The van der Waals surface area contributed by atoms with Crippen molar-refractivity contribution in [2.24, 2.45) is 0 Å². The van der Waals surface area contributed by atoms with Crippen LogP contribution in [0.4, 0.5) is 0 Å². The van der Waals surface area contributed by atoms with Crippen molar-refractivity contribution in [3.05, 3.63) is 101 Å². The summed E-state index contributed by atoms with van der Waals surface area (Å²) in [5.74, 6) is 1.79. The summed E-state index contributed by atoms with van der Waals surface area (Å²) < 4.78 is 7.52. The quantitative estimate of drug-likeness (QED) is 0.260. The molecule has 0 spiro atoms. The van der Waals surface area contributed by atoms with Crippen LogP contribution in [0.5, 0.6) is 5.75 Å². The van der Waals surface area contributed by atoms with Crippen molar-refractivity contribution in [2.75, 3.05) is 7.11 Å².